The fraction of sp³-hybridized carbons (Fsp3) is 0.409. The van der Waals surface area contributed by atoms with Crippen molar-refractivity contribution in [3.63, 3.8) is 0 Å². The Morgan fingerprint density at radius 2 is 1.90 bits per heavy atom. The first-order valence-electron chi connectivity index (χ1n) is 10.0. The third-order valence-electron chi connectivity index (χ3n) is 4.74. The van der Waals surface area contributed by atoms with Crippen LogP contribution in [-0.4, -0.2) is 42.7 Å². The molecule has 0 fully saturated rings. The van der Waals surface area contributed by atoms with Crippen LogP contribution in [0.1, 0.15) is 42.6 Å². The Hall–Kier alpha value is -3.09. The van der Waals surface area contributed by atoms with E-state index in [9.17, 15) is 4.79 Å². The lowest BCUT2D eigenvalue weighted by Gasteiger charge is -2.12. The fourth-order valence-corrected chi connectivity index (χ4v) is 3.12. The van der Waals surface area contributed by atoms with Crippen LogP contribution in [0.3, 0.4) is 0 Å². The fourth-order valence-electron chi connectivity index (χ4n) is 3.12. The maximum Gasteiger partial charge on any atom is 0.271 e. The number of carbonyl (C=O) groups is 1. The maximum absolute atomic E-state index is 12.2. The van der Waals surface area contributed by atoms with E-state index in [0.29, 0.717) is 31.2 Å². The molecule has 1 aromatic heterocycles. The first kappa shape index (κ1) is 20.6. The number of hydrogen-bond donors (Lipinski definition) is 2. The van der Waals surface area contributed by atoms with E-state index in [4.69, 9.17) is 9.47 Å². The highest BCUT2D eigenvalue weighted by atomic mass is 16.5. The van der Waals surface area contributed by atoms with E-state index >= 15 is 0 Å². The van der Waals surface area contributed by atoms with Gasteiger partial charge in [0.15, 0.2) is 0 Å². The minimum Gasteiger partial charge on any atom is -0.497 e. The van der Waals surface area contributed by atoms with E-state index in [1.54, 1.807) is 13.3 Å². The predicted molar refractivity (Wildman–Crippen MR) is 113 cm³/mol. The Bertz CT molecular complexity index is 804. The molecule has 0 unspecified atom stereocenters. The van der Waals surface area contributed by atoms with Gasteiger partial charge in [0, 0.05) is 6.54 Å². The Balaban J connectivity index is 1.35. The van der Waals surface area contributed by atoms with Gasteiger partial charge in [-0.3, -0.25) is 4.79 Å². The van der Waals surface area contributed by atoms with Crippen LogP contribution in [0.5, 0.6) is 11.5 Å². The minimum atomic E-state index is -0.191. The van der Waals surface area contributed by atoms with Crippen LogP contribution in [0.15, 0.2) is 48.3 Å². The molecular weight excluding hydrogens is 368 g/mol. The first-order valence-corrected chi connectivity index (χ1v) is 10.0. The molecule has 0 radical (unpaired) electrons. The largest absolute Gasteiger partial charge is 0.497 e. The normalized spacial score (nSPS) is 13.3. The number of amides is 1. The van der Waals surface area contributed by atoms with Gasteiger partial charge in [0.1, 0.15) is 29.6 Å². The maximum atomic E-state index is 12.2. The summed E-state index contributed by atoms with van der Waals surface area (Å²) in [6.45, 7) is 1.68. The van der Waals surface area contributed by atoms with Crippen molar-refractivity contribution in [2.24, 2.45) is 0 Å². The summed E-state index contributed by atoms with van der Waals surface area (Å²) in [5.74, 6) is 1.98. The molecule has 7 heteroatoms. The number of allylic oxidation sites excluding steroid dienone is 1. The van der Waals surface area contributed by atoms with Crippen molar-refractivity contribution >= 4 is 11.7 Å². The van der Waals surface area contributed by atoms with Gasteiger partial charge in [-0.25, -0.2) is 9.97 Å². The van der Waals surface area contributed by atoms with Gasteiger partial charge >= 0.3 is 0 Å². The number of carbonyl (C=O) groups excluding carboxylic acids is 1. The molecule has 29 heavy (non-hydrogen) atoms. The van der Waals surface area contributed by atoms with Gasteiger partial charge in [0.05, 0.1) is 26.0 Å². The quantitative estimate of drug-likeness (QED) is 0.471. The zero-order valence-corrected chi connectivity index (χ0v) is 16.8. The zero-order valence-electron chi connectivity index (χ0n) is 16.8. The number of nitrogens with zero attached hydrogens (tertiary/aromatic N) is 2. The second-order valence-electron chi connectivity index (χ2n) is 6.85. The van der Waals surface area contributed by atoms with Crippen LogP contribution in [0.25, 0.3) is 0 Å². The molecule has 0 bridgehead atoms. The van der Waals surface area contributed by atoms with E-state index in [1.165, 1.54) is 24.6 Å². The average Bonchev–Trinajstić information content (AvgIpc) is 2.78. The molecule has 1 aliphatic carbocycles. The SMILES string of the molecule is COc1ccc(OCCNc2cnc(C(=O)NCCC3=CCCCC3)cn2)cc1. The van der Waals surface area contributed by atoms with E-state index < -0.39 is 0 Å². The van der Waals surface area contributed by atoms with E-state index in [1.807, 2.05) is 24.3 Å². The molecule has 1 aliphatic rings. The molecule has 0 saturated carbocycles. The van der Waals surface area contributed by atoms with Crippen LogP contribution < -0.4 is 20.1 Å². The number of rotatable bonds is 10. The van der Waals surface area contributed by atoms with Gasteiger partial charge in [0.25, 0.3) is 5.91 Å². The smallest absolute Gasteiger partial charge is 0.271 e. The summed E-state index contributed by atoms with van der Waals surface area (Å²) in [5.41, 5.74) is 1.77. The number of benzene rings is 1. The summed E-state index contributed by atoms with van der Waals surface area (Å²) in [5, 5.41) is 6.04. The molecule has 0 saturated heterocycles. The molecule has 1 heterocycles. The summed E-state index contributed by atoms with van der Waals surface area (Å²) in [7, 11) is 1.63. The van der Waals surface area contributed by atoms with Crippen molar-refractivity contribution in [3.05, 3.63) is 54.0 Å². The topological polar surface area (TPSA) is 85.4 Å². The van der Waals surface area contributed by atoms with Gasteiger partial charge in [0.2, 0.25) is 0 Å². The van der Waals surface area contributed by atoms with Gasteiger partial charge in [-0.05, 0) is 56.4 Å². The zero-order chi connectivity index (χ0) is 20.3. The highest BCUT2D eigenvalue weighted by molar-refractivity contribution is 5.91. The van der Waals surface area contributed by atoms with Gasteiger partial charge < -0.3 is 20.1 Å². The van der Waals surface area contributed by atoms with E-state index in [2.05, 4.69) is 26.7 Å². The van der Waals surface area contributed by atoms with Crippen molar-refractivity contribution in [3.8, 4) is 11.5 Å². The molecule has 0 atom stereocenters. The molecule has 0 spiro atoms. The third-order valence-corrected chi connectivity index (χ3v) is 4.74. The molecule has 154 valence electrons. The lowest BCUT2D eigenvalue weighted by atomic mass is 9.97. The molecule has 7 nitrogen and oxygen atoms in total. The molecule has 2 N–H and O–H groups in total. The summed E-state index contributed by atoms with van der Waals surface area (Å²) in [6, 6.07) is 7.42. The minimum absolute atomic E-state index is 0.191. The summed E-state index contributed by atoms with van der Waals surface area (Å²) < 4.78 is 10.8. The number of anilines is 1. The predicted octanol–water partition coefficient (Wildman–Crippen LogP) is 3.60. The van der Waals surface area contributed by atoms with E-state index in [0.717, 1.165) is 30.8 Å². The van der Waals surface area contributed by atoms with Gasteiger partial charge in [-0.2, -0.15) is 0 Å². The lowest BCUT2D eigenvalue weighted by molar-refractivity contribution is 0.0948. The van der Waals surface area contributed by atoms with Gasteiger partial charge in [-0.15, -0.1) is 0 Å². The second kappa shape index (κ2) is 11.0. The first-order chi connectivity index (χ1) is 14.2. The van der Waals surface area contributed by atoms with Crippen LogP contribution >= 0.6 is 0 Å². The summed E-state index contributed by atoms with van der Waals surface area (Å²) >= 11 is 0. The summed E-state index contributed by atoms with van der Waals surface area (Å²) in [4.78, 5) is 20.6. The van der Waals surface area contributed by atoms with Crippen LogP contribution in [0, 0.1) is 0 Å². The highest BCUT2D eigenvalue weighted by Crippen LogP contribution is 2.19. The number of aromatic nitrogens is 2. The molecule has 0 aliphatic heterocycles. The standard InChI is InChI=1S/C22H28N4O3/c1-28-18-7-9-19(10-8-18)29-14-13-23-21-16-25-20(15-26-21)22(27)24-12-11-17-5-3-2-4-6-17/h5,7-10,15-16H,2-4,6,11-14H2,1H3,(H,23,26)(H,24,27). The number of nitrogens with one attached hydrogen (secondary N) is 2. The van der Waals surface area contributed by atoms with Gasteiger partial charge in [-0.1, -0.05) is 11.6 Å². The average molecular weight is 396 g/mol. The van der Waals surface area contributed by atoms with Crippen LogP contribution in [-0.2, 0) is 0 Å². The number of methoxy groups -OCH3 is 1. The Kier molecular flexibility index (Phi) is 7.86. The van der Waals surface area contributed by atoms with Crippen molar-refractivity contribution in [1.82, 2.24) is 15.3 Å². The van der Waals surface area contributed by atoms with Crippen molar-refractivity contribution < 1.29 is 14.3 Å². The number of ether oxygens (including phenoxy) is 2. The van der Waals surface area contributed by atoms with Crippen molar-refractivity contribution in [2.75, 3.05) is 32.1 Å². The van der Waals surface area contributed by atoms with Crippen molar-refractivity contribution in [2.45, 2.75) is 32.1 Å². The Morgan fingerprint density at radius 3 is 2.59 bits per heavy atom. The number of hydrogen-bond acceptors (Lipinski definition) is 6. The van der Waals surface area contributed by atoms with Crippen molar-refractivity contribution in [1.29, 1.82) is 0 Å². The molecule has 1 amide bonds. The second-order valence-corrected chi connectivity index (χ2v) is 6.85. The molecular formula is C22H28N4O3. The molecule has 1 aromatic carbocycles. The molecule has 2 aromatic rings. The third kappa shape index (κ3) is 6.78. The Morgan fingerprint density at radius 1 is 1.07 bits per heavy atom. The Labute approximate surface area is 171 Å². The molecule has 3 rings (SSSR count). The van der Waals surface area contributed by atoms with Crippen LogP contribution in [0.4, 0.5) is 5.82 Å². The lowest BCUT2D eigenvalue weighted by Crippen LogP contribution is -2.26. The van der Waals surface area contributed by atoms with Crippen LogP contribution in [0.2, 0.25) is 0 Å². The highest BCUT2D eigenvalue weighted by Gasteiger charge is 2.09. The summed E-state index contributed by atoms with van der Waals surface area (Å²) in [6.07, 6.45) is 11.1. The monoisotopic (exact) mass is 396 g/mol. The van der Waals surface area contributed by atoms with E-state index in [-0.39, 0.29) is 5.91 Å².